The predicted molar refractivity (Wildman–Crippen MR) is 132 cm³/mol. The summed E-state index contributed by atoms with van der Waals surface area (Å²) in [6.07, 6.45) is 10.8. The van der Waals surface area contributed by atoms with Crippen LogP contribution in [0.15, 0.2) is 55.0 Å². The largest absolute Gasteiger partial charge is 0.306 e. The van der Waals surface area contributed by atoms with Crippen molar-refractivity contribution in [3.05, 3.63) is 71.9 Å². The minimum atomic E-state index is -3.41. The maximum Gasteiger partial charge on any atom is 0.280 e. The molecule has 1 spiro atoms. The minimum Gasteiger partial charge on any atom is -0.306 e. The third-order valence-electron chi connectivity index (χ3n) is 8.99. The van der Waals surface area contributed by atoms with Crippen LogP contribution in [0.2, 0.25) is 0 Å². The van der Waals surface area contributed by atoms with Crippen molar-refractivity contribution in [2.24, 2.45) is 11.8 Å². The Morgan fingerprint density at radius 1 is 0.971 bits per heavy atom. The summed E-state index contributed by atoms with van der Waals surface area (Å²) in [5, 5.41) is 0. The Hall–Kier alpha value is -2.55. The Morgan fingerprint density at radius 2 is 1.71 bits per heavy atom. The van der Waals surface area contributed by atoms with Crippen LogP contribution in [-0.4, -0.2) is 40.4 Å². The number of rotatable bonds is 3. The fraction of sp³-hybridized carbons (Fsp3) is 0.444. The molecular formula is C27H29FN4O2S. The molecule has 0 unspecified atom stereocenters. The summed E-state index contributed by atoms with van der Waals surface area (Å²) >= 11 is 0. The van der Waals surface area contributed by atoms with Crippen molar-refractivity contribution >= 4 is 10.2 Å². The van der Waals surface area contributed by atoms with Gasteiger partial charge in [0, 0.05) is 30.0 Å². The Kier molecular flexibility index (Phi) is 4.79. The highest BCUT2D eigenvalue weighted by Crippen LogP contribution is 2.51. The van der Waals surface area contributed by atoms with E-state index in [1.165, 1.54) is 23.3 Å². The lowest BCUT2D eigenvalue weighted by molar-refractivity contribution is 0.162. The summed E-state index contributed by atoms with van der Waals surface area (Å²) in [6, 6.07) is 13.1. The van der Waals surface area contributed by atoms with Crippen LogP contribution in [0.4, 0.5) is 4.39 Å². The molecule has 1 N–H and O–H groups in total. The highest BCUT2D eigenvalue weighted by molar-refractivity contribution is 7.87. The van der Waals surface area contributed by atoms with E-state index in [0.717, 1.165) is 61.9 Å². The minimum absolute atomic E-state index is 0.180. The average Bonchev–Trinajstić information content (AvgIpc) is 3.43. The second-order valence-corrected chi connectivity index (χ2v) is 12.4. The molecule has 2 heterocycles. The highest BCUT2D eigenvalue weighted by Gasteiger charge is 2.60. The summed E-state index contributed by atoms with van der Waals surface area (Å²) < 4.78 is 46.5. The summed E-state index contributed by atoms with van der Waals surface area (Å²) in [5.74, 6) is 0.380. The molecule has 35 heavy (non-hydrogen) atoms. The number of fused-ring (bicyclic) bond motifs is 1. The van der Waals surface area contributed by atoms with Gasteiger partial charge in [-0.15, -0.1) is 0 Å². The van der Waals surface area contributed by atoms with Crippen LogP contribution in [0.5, 0.6) is 0 Å². The van der Waals surface area contributed by atoms with Crippen LogP contribution in [0.3, 0.4) is 0 Å². The van der Waals surface area contributed by atoms with E-state index in [2.05, 4.69) is 27.9 Å². The predicted octanol–water partition coefficient (Wildman–Crippen LogP) is 4.24. The van der Waals surface area contributed by atoms with Crippen molar-refractivity contribution in [2.45, 2.75) is 56.5 Å². The fourth-order valence-electron chi connectivity index (χ4n) is 6.85. The van der Waals surface area contributed by atoms with E-state index < -0.39 is 10.2 Å². The maximum atomic E-state index is 13.3. The number of imidazole rings is 1. The van der Waals surface area contributed by atoms with Crippen LogP contribution in [-0.2, 0) is 23.1 Å². The summed E-state index contributed by atoms with van der Waals surface area (Å²) in [4.78, 5) is 4.61. The second kappa shape index (κ2) is 7.72. The Morgan fingerprint density at radius 3 is 2.43 bits per heavy atom. The fourth-order valence-corrected chi connectivity index (χ4v) is 8.83. The molecule has 1 saturated heterocycles. The highest BCUT2D eigenvalue weighted by atomic mass is 32.2. The van der Waals surface area contributed by atoms with Crippen molar-refractivity contribution in [1.82, 2.24) is 18.6 Å². The van der Waals surface area contributed by atoms with Crippen LogP contribution in [0.1, 0.15) is 43.2 Å². The van der Waals surface area contributed by atoms with Crippen molar-refractivity contribution in [2.75, 3.05) is 6.54 Å². The maximum absolute atomic E-state index is 13.3. The lowest BCUT2D eigenvalue weighted by atomic mass is 9.79. The smallest absolute Gasteiger partial charge is 0.280 e. The van der Waals surface area contributed by atoms with Crippen LogP contribution >= 0.6 is 0 Å². The van der Waals surface area contributed by atoms with E-state index in [-0.39, 0.29) is 17.4 Å². The van der Waals surface area contributed by atoms with Gasteiger partial charge in [0.1, 0.15) is 5.82 Å². The molecular weight excluding hydrogens is 463 g/mol. The SMILES string of the molecule is O=S1(=O)N[C@]2(CN1C1CCC1)[C@@H]1CC[C@H]2Cc2cc(-c3cn(-c4ccc(F)cc4)cn3)ccc2C1. The molecule has 4 aliphatic rings. The Bertz CT molecular complexity index is 1400. The Labute approximate surface area is 205 Å². The van der Waals surface area contributed by atoms with E-state index >= 15 is 0 Å². The molecule has 1 aromatic heterocycles. The molecule has 2 saturated carbocycles. The van der Waals surface area contributed by atoms with E-state index in [9.17, 15) is 12.8 Å². The zero-order valence-electron chi connectivity index (χ0n) is 19.5. The molecule has 2 aromatic carbocycles. The third kappa shape index (κ3) is 3.41. The first-order valence-electron chi connectivity index (χ1n) is 12.6. The van der Waals surface area contributed by atoms with Gasteiger partial charge >= 0.3 is 0 Å². The van der Waals surface area contributed by atoms with Gasteiger partial charge in [0.15, 0.2) is 0 Å². The van der Waals surface area contributed by atoms with E-state index in [0.29, 0.717) is 18.4 Å². The van der Waals surface area contributed by atoms with E-state index in [1.807, 2.05) is 10.8 Å². The molecule has 0 amide bonds. The van der Waals surface area contributed by atoms with Gasteiger partial charge in [-0.2, -0.15) is 17.4 Å². The Balaban J connectivity index is 1.19. The van der Waals surface area contributed by atoms with Gasteiger partial charge in [0.05, 0.1) is 17.6 Å². The van der Waals surface area contributed by atoms with Crippen LogP contribution in [0, 0.1) is 17.7 Å². The summed E-state index contributed by atoms with van der Waals surface area (Å²) in [5.41, 5.74) is 5.09. The van der Waals surface area contributed by atoms with Crippen molar-refractivity contribution in [1.29, 1.82) is 0 Å². The number of aromatic nitrogens is 2. The van der Waals surface area contributed by atoms with Crippen molar-refractivity contribution in [3.8, 4) is 16.9 Å². The van der Waals surface area contributed by atoms with E-state index in [1.54, 1.807) is 22.8 Å². The molecule has 3 atom stereocenters. The molecule has 3 aliphatic carbocycles. The van der Waals surface area contributed by atoms with Gasteiger partial charge < -0.3 is 4.57 Å². The average molecular weight is 493 g/mol. The molecule has 7 rings (SSSR count). The van der Waals surface area contributed by atoms with E-state index in [4.69, 9.17) is 0 Å². The molecule has 8 heteroatoms. The van der Waals surface area contributed by atoms with Crippen LogP contribution in [0.25, 0.3) is 16.9 Å². The number of halogens is 1. The first-order valence-corrected chi connectivity index (χ1v) is 14.1. The zero-order chi connectivity index (χ0) is 23.8. The quantitative estimate of drug-likeness (QED) is 0.595. The van der Waals surface area contributed by atoms with Crippen molar-refractivity contribution in [3.63, 3.8) is 0 Å². The number of nitrogens with one attached hydrogen (secondary N) is 1. The zero-order valence-corrected chi connectivity index (χ0v) is 20.3. The summed E-state index contributed by atoms with van der Waals surface area (Å²) in [6.45, 7) is 0.623. The number of nitrogens with zero attached hydrogens (tertiary/aromatic N) is 3. The molecule has 182 valence electrons. The first kappa shape index (κ1) is 21.7. The molecule has 0 radical (unpaired) electrons. The molecule has 3 aromatic rings. The topological polar surface area (TPSA) is 67.2 Å². The number of hydrogen-bond acceptors (Lipinski definition) is 3. The van der Waals surface area contributed by atoms with Gasteiger partial charge in [-0.05, 0) is 91.8 Å². The third-order valence-corrected chi connectivity index (χ3v) is 10.7. The lowest BCUT2D eigenvalue weighted by Gasteiger charge is -2.36. The lowest BCUT2D eigenvalue weighted by Crippen LogP contribution is -2.52. The van der Waals surface area contributed by atoms with Gasteiger partial charge in [-0.25, -0.2) is 9.37 Å². The normalized spacial score (nSPS) is 29.7. The van der Waals surface area contributed by atoms with Gasteiger partial charge in [-0.3, -0.25) is 0 Å². The first-order chi connectivity index (χ1) is 16.9. The summed E-state index contributed by atoms with van der Waals surface area (Å²) in [7, 11) is -3.41. The molecule has 3 fully saturated rings. The second-order valence-electron chi connectivity index (χ2n) is 10.8. The molecule has 2 bridgehead atoms. The monoisotopic (exact) mass is 492 g/mol. The molecule has 1 aliphatic heterocycles. The standard InChI is InChI=1S/C27H29FN4O2S/c28-23-8-10-24(11-9-23)31-15-26(29-17-31)19-5-4-18-13-21-6-7-22(14-20(18)12-19)27(21)16-32(25-2-1-3-25)35(33,34)30-27/h4-5,8-12,15,17,21-22,25,30H,1-3,6-7,13-14,16H2/t21-,22+,27-/m1/s1. The van der Waals surface area contributed by atoms with Gasteiger partial charge in [-0.1, -0.05) is 18.6 Å². The number of benzene rings is 2. The van der Waals surface area contributed by atoms with Crippen molar-refractivity contribution < 1.29 is 12.8 Å². The molecule has 6 nitrogen and oxygen atoms in total. The van der Waals surface area contributed by atoms with Gasteiger partial charge in [0.2, 0.25) is 0 Å². The van der Waals surface area contributed by atoms with Gasteiger partial charge in [0.25, 0.3) is 10.2 Å². The number of hydrogen-bond donors (Lipinski definition) is 1. The van der Waals surface area contributed by atoms with Crippen LogP contribution < -0.4 is 4.72 Å².